The molecule has 0 saturated carbocycles. The standard InChI is InChI=1S/C24H27N3O3/c1-15(2)17-9-11-19(12-10-17)24(4)22(29)26(23(30)25-24)14-21(28)27-16(3)13-18-7-5-6-8-20(18)27/h5-12,15-16H,13-14H2,1-4H3,(H,25,30)/t16-,24-/m0/s1. The predicted octanol–water partition coefficient (Wildman–Crippen LogP) is 3.55. The van der Waals surface area contributed by atoms with Gasteiger partial charge in [-0.2, -0.15) is 0 Å². The van der Waals surface area contributed by atoms with Crippen LogP contribution in [0.1, 0.15) is 50.3 Å². The second-order valence-corrected chi connectivity index (χ2v) is 8.67. The molecule has 0 aromatic heterocycles. The molecule has 0 spiro atoms. The van der Waals surface area contributed by atoms with Gasteiger partial charge in [-0.3, -0.25) is 14.5 Å². The number of fused-ring (bicyclic) bond motifs is 1. The highest BCUT2D eigenvalue weighted by atomic mass is 16.2. The maximum Gasteiger partial charge on any atom is 0.325 e. The number of carbonyl (C=O) groups is 3. The van der Waals surface area contributed by atoms with Crippen LogP contribution >= 0.6 is 0 Å². The first kappa shape index (κ1) is 20.1. The molecule has 0 aliphatic carbocycles. The zero-order valence-corrected chi connectivity index (χ0v) is 17.8. The molecule has 0 unspecified atom stereocenters. The zero-order valence-electron chi connectivity index (χ0n) is 17.8. The van der Waals surface area contributed by atoms with Gasteiger partial charge in [0.25, 0.3) is 5.91 Å². The molecule has 2 aliphatic rings. The first-order valence-corrected chi connectivity index (χ1v) is 10.4. The fraction of sp³-hybridized carbons (Fsp3) is 0.375. The van der Waals surface area contributed by atoms with Crippen LogP contribution < -0.4 is 10.2 Å². The topological polar surface area (TPSA) is 69.7 Å². The molecule has 2 aliphatic heterocycles. The van der Waals surface area contributed by atoms with Gasteiger partial charge in [-0.25, -0.2) is 4.79 Å². The second-order valence-electron chi connectivity index (χ2n) is 8.67. The normalized spacial score (nSPS) is 23.2. The average molecular weight is 405 g/mol. The molecule has 4 rings (SSSR count). The summed E-state index contributed by atoms with van der Waals surface area (Å²) in [6.45, 7) is 7.59. The number of urea groups is 1. The summed E-state index contributed by atoms with van der Waals surface area (Å²) in [6, 6.07) is 14.9. The van der Waals surface area contributed by atoms with E-state index >= 15 is 0 Å². The maximum absolute atomic E-state index is 13.2. The molecule has 30 heavy (non-hydrogen) atoms. The summed E-state index contributed by atoms with van der Waals surface area (Å²) in [5, 5.41) is 2.79. The van der Waals surface area contributed by atoms with Gasteiger partial charge in [0, 0.05) is 11.7 Å². The number of nitrogens with zero attached hydrogens (tertiary/aromatic N) is 2. The molecule has 156 valence electrons. The van der Waals surface area contributed by atoms with Crippen LogP contribution in [0.3, 0.4) is 0 Å². The largest absolute Gasteiger partial charge is 0.325 e. The van der Waals surface area contributed by atoms with Crippen LogP contribution in [0.25, 0.3) is 0 Å². The van der Waals surface area contributed by atoms with Crippen LogP contribution in [0, 0.1) is 0 Å². The summed E-state index contributed by atoms with van der Waals surface area (Å²) in [5.74, 6) is -0.284. The Morgan fingerprint density at radius 1 is 1.13 bits per heavy atom. The number of hydrogen-bond donors (Lipinski definition) is 1. The third-order valence-electron chi connectivity index (χ3n) is 6.20. The van der Waals surface area contributed by atoms with Crippen molar-refractivity contribution >= 4 is 23.5 Å². The lowest BCUT2D eigenvalue weighted by Crippen LogP contribution is -2.46. The van der Waals surface area contributed by atoms with E-state index in [1.54, 1.807) is 11.8 Å². The first-order chi connectivity index (χ1) is 14.2. The van der Waals surface area contributed by atoms with Crippen LogP contribution in [-0.2, 0) is 21.5 Å². The van der Waals surface area contributed by atoms with Crippen molar-refractivity contribution < 1.29 is 14.4 Å². The molecule has 1 saturated heterocycles. The summed E-state index contributed by atoms with van der Waals surface area (Å²) in [4.78, 5) is 41.7. The summed E-state index contributed by atoms with van der Waals surface area (Å²) >= 11 is 0. The number of benzene rings is 2. The summed E-state index contributed by atoms with van der Waals surface area (Å²) in [5.41, 5.74) is 2.65. The molecular weight excluding hydrogens is 378 g/mol. The van der Waals surface area contributed by atoms with Gasteiger partial charge in [-0.1, -0.05) is 56.3 Å². The number of amides is 4. The zero-order chi connectivity index (χ0) is 21.6. The van der Waals surface area contributed by atoms with Crippen LogP contribution in [0.15, 0.2) is 48.5 Å². The highest BCUT2D eigenvalue weighted by molar-refractivity contribution is 6.10. The van der Waals surface area contributed by atoms with E-state index in [2.05, 4.69) is 19.2 Å². The smallest absolute Gasteiger partial charge is 0.319 e. The highest BCUT2D eigenvalue weighted by Crippen LogP contribution is 2.33. The lowest BCUT2D eigenvalue weighted by Gasteiger charge is -2.26. The molecule has 0 radical (unpaired) electrons. The fourth-order valence-corrected chi connectivity index (χ4v) is 4.39. The highest BCUT2D eigenvalue weighted by Gasteiger charge is 2.50. The molecule has 0 bridgehead atoms. The third-order valence-corrected chi connectivity index (χ3v) is 6.20. The van der Waals surface area contributed by atoms with Crippen molar-refractivity contribution in [2.75, 3.05) is 11.4 Å². The second kappa shape index (κ2) is 7.27. The van der Waals surface area contributed by atoms with Crippen molar-refractivity contribution in [1.82, 2.24) is 10.2 Å². The summed E-state index contributed by atoms with van der Waals surface area (Å²) in [7, 11) is 0. The lowest BCUT2D eigenvalue weighted by atomic mass is 9.90. The van der Waals surface area contributed by atoms with Gasteiger partial charge in [-0.05, 0) is 48.9 Å². The number of anilines is 1. The molecule has 2 aromatic carbocycles. The van der Waals surface area contributed by atoms with Gasteiger partial charge < -0.3 is 10.2 Å². The maximum atomic E-state index is 13.2. The van der Waals surface area contributed by atoms with E-state index < -0.39 is 17.5 Å². The van der Waals surface area contributed by atoms with E-state index in [0.717, 1.165) is 28.1 Å². The van der Waals surface area contributed by atoms with Crippen LogP contribution in [0.2, 0.25) is 0 Å². The van der Waals surface area contributed by atoms with Gasteiger partial charge in [0.1, 0.15) is 12.1 Å². The molecule has 4 amide bonds. The molecule has 1 fully saturated rings. The van der Waals surface area contributed by atoms with Gasteiger partial charge >= 0.3 is 6.03 Å². The van der Waals surface area contributed by atoms with Crippen molar-refractivity contribution in [2.24, 2.45) is 0 Å². The minimum atomic E-state index is -1.18. The van der Waals surface area contributed by atoms with Crippen LogP contribution in [0.5, 0.6) is 0 Å². The van der Waals surface area contributed by atoms with Crippen molar-refractivity contribution in [3.63, 3.8) is 0 Å². The summed E-state index contributed by atoms with van der Waals surface area (Å²) in [6.07, 6.45) is 0.766. The van der Waals surface area contributed by atoms with E-state index in [9.17, 15) is 14.4 Å². The molecule has 2 heterocycles. The average Bonchev–Trinajstić information content (AvgIpc) is 3.16. The molecule has 1 N–H and O–H groups in total. The summed E-state index contributed by atoms with van der Waals surface area (Å²) < 4.78 is 0. The number of carbonyl (C=O) groups excluding carboxylic acids is 3. The van der Waals surface area contributed by atoms with Crippen molar-refractivity contribution in [1.29, 1.82) is 0 Å². The number of nitrogens with one attached hydrogen (secondary N) is 1. The Bertz CT molecular complexity index is 1010. The molecular formula is C24H27N3O3. The number of rotatable bonds is 4. The Morgan fingerprint density at radius 3 is 2.47 bits per heavy atom. The van der Waals surface area contributed by atoms with Gasteiger partial charge in [0.15, 0.2) is 0 Å². The Labute approximate surface area is 176 Å². The number of imide groups is 1. The predicted molar refractivity (Wildman–Crippen MR) is 115 cm³/mol. The van der Waals surface area contributed by atoms with E-state index in [1.165, 1.54) is 0 Å². The molecule has 2 aromatic rings. The van der Waals surface area contributed by atoms with Crippen LogP contribution in [0.4, 0.5) is 10.5 Å². The Balaban J connectivity index is 1.55. The quantitative estimate of drug-likeness (QED) is 0.791. The van der Waals surface area contributed by atoms with Crippen molar-refractivity contribution in [3.05, 3.63) is 65.2 Å². The first-order valence-electron chi connectivity index (χ1n) is 10.4. The monoisotopic (exact) mass is 405 g/mol. The van der Waals surface area contributed by atoms with Crippen molar-refractivity contribution in [3.8, 4) is 0 Å². The van der Waals surface area contributed by atoms with Crippen LogP contribution in [-0.4, -0.2) is 35.3 Å². The Hall–Kier alpha value is -3.15. The Morgan fingerprint density at radius 2 is 1.80 bits per heavy atom. The fourth-order valence-electron chi connectivity index (χ4n) is 4.39. The minimum absolute atomic E-state index is 0.00868. The van der Waals surface area contributed by atoms with Crippen molar-refractivity contribution in [2.45, 2.75) is 51.6 Å². The van der Waals surface area contributed by atoms with Gasteiger partial charge in [0.2, 0.25) is 5.91 Å². The van der Waals surface area contributed by atoms with Gasteiger partial charge in [-0.15, -0.1) is 0 Å². The lowest BCUT2D eigenvalue weighted by molar-refractivity contribution is -0.134. The molecule has 2 atom stereocenters. The molecule has 6 nitrogen and oxygen atoms in total. The van der Waals surface area contributed by atoms with Gasteiger partial charge in [0.05, 0.1) is 0 Å². The molecule has 6 heteroatoms. The number of para-hydroxylation sites is 1. The van der Waals surface area contributed by atoms with E-state index in [-0.39, 0.29) is 18.5 Å². The van der Waals surface area contributed by atoms with E-state index in [0.29, 0.717) is 11.5 Å². The minimum Gasteiger partial charge on any atom is -0.319 e. The SMILES string of the molecule is CC(C)c1ccc([C@]2(C)NC(=O)N(CC(=O)N3c4ccccc4C[C@@H]3C)C2=O)cc1. The van der Waals surface area contributed by atoms with E-state index in [1.807, 2.05) is 55.5 Å². The third kappa shape index (κ3) is 3.16. The van der Waals surface area contributed by atoms with E-state index in [4.69, 9.17) is 0 Å². The number of hydrogen-bond acceptors (Lipinski definition) is 3. The Kier molecular flexibility index (Phi) is 4.88.